The van der Waals surface area contributed by atoms with Crippen LogP contribution in [-0.2, 0) is 7.05 Å². The van der Waals surface area contributed by atoms with Crippen LogP contribution in [0.3, 0.4) is 0 Å². The maximum absolute atomic E-state index is 12.2. The van der Waals surface area contributed by atoms with Gasteiger partial charge in [0.05, 0.1) is 11.2 Å². The van der Waals surface area contributed by atoms with Gasteiger partial charge in [0.25, 0.3) is 5.56 Å². The third kappa shape index (κ3) is 5.25. The summed E-state index contributed by atoms with van der Waals surface area (Å²) in [6.07, 6.45) is 8.78. The van der Waals surface area contributed by atoms with Crippen LogP contribution in [0.15, 0.2) is 41.2 Å². The van der Waals surface area contributed by atoms with Gasteiger partial charge in [-0.25, -0.2) is 4.98 Å². The molecule has 1 N–H and O–H groups in total. The van der Waals surface area contributed by atoms with Crippen molar-refractivity contribution in [3.63, 3.8) is 0 Å². The number of aryl methyl sites for hydroxylation is 1. The van der Waals surface area contributed by atoms with E-state index in [1.54, 1.807) is 29.8 Å². The topological polar surface area (TPSA) is 92.4 Å². The van der Waals surface area contributed by atoms with Gasteiger partial charge in [0.15, 0.2) is 11.5 Å². The monoisotopic (exact) mass is 487 g/mol. The summed E-state index contributed by atoms with van der Waals surface area (Å²) in [6.45, 7) is 1.43. The summed E-state index contributed by atoms with van der Waals surface area (Å²) < 4.78 is 12.1. The first-order valence-electron chi connectivity index (χ1n) is 12.8. The molecular weight excluding hydrogens is 454 g/mol. The number of pyridine rings is 2. The molecule has 2 saturated carbocycles. The average Bonchev–Trinajstić information content (AvgIpc) is 3.64. The van der Waals surface area contributed by atoms with Gasteiger partial charge < -0.3 is 24.3 Å². The van der Waals surface area contributed by atoms with Gasteiger partial charge in [-0.15, -0.1) is 0 Å². The summed E-state index contributed by atoms with van der Waals surface area (Å²) >= 11 is 0. The lowest BCUT2D eigenvalue weighted by Gasteiger charge is -2.33. The summed E-state index contributed by atoms with van der Waals surface area (Å²) in [5.41, 5.74) is 3.79. The number of hydrogen-bond acceptors (Lipinski definition) is 7. The van der Waals surface area contributed by atoms with Crippen LogP contribution >= 0.6 is 0 Å². The second kappa shape index (κ2) is 10.5. The van der Waals surface area contributed by atoms with Crippen LogP contribution in [0.1, 0.15) is 50.6 Å². The fourth-order valence-corrected chi connectivity index (χ4v) is 4.90. The molecule has 0 amide bonds. The molecule has 6 rings (SSSR count). The fraction of sp³-hybridized carbons (Fsp3) is 0.464. The maximum Gasteiger partial charge on any atom is 0.252 e. The number of nitrogens with zero attached hydrogens (tertiary/aromatic N) is 4. The highest BCUT2D eigenvalue weighted by Gasteiger charge is 2.22. The molecule has 1 aromatic carbocycles. The Balaban J connectivity index is 0.000000163. The van der Waals surface area contributed by atoms with E-state index in [0.717, 1.165) is 59.2 Å². The number of nitrogens with one attached hydrogen (secondary N) is 1. The van der Waals surface area contributed by atoms with Crippen LogP contribution in [0.5, 0.6) is 11.5 Å². The molecule has 0 spiro atoms. The largest absolute Gasteiger partial charge is 0.454 e. The van der Waals surface area contributed by atoms with E-state index in [-0.39, 0.29) is 5.56 Å². The minimum Gasteiger partial charge on any atom is -0.454 e. The minimum atomic E-state index is -0.0448. The zero-order valence-corrected chi connectivity index (χ0v) is 21.0. The molecule has 3 aromatic rings. The summed E-state index contributed by atoms with van der Waals surface area (Å²) in [5.74, 6) is 2.59. The molecule has 2 fully saturated rings. The molecule has 0 radical (unpaired) electrons. The van der Waals surface area contributed by atoms with Crippen LogP contribution in [0.25, 0.3) is 11.0 Å². The van der Waals surface area contributed by atoms with Crippen molar-refractivity contribution in [1.29, 1.82) is 5.26 Å². The Morgan fingerprint density at radius 1 is 1.08 bits per heavy atom. The Kier molecular flexibility index (Phi) is 6.99. The number of ether oxygens (including phenoxy) is 2. The first-order valence-corrected chi connectivity index (χ1v) is 12.8. The number of rotatable bonds is 5. The van der Waals surface area contributed by atoms with Crippen molar-refractivity contribution >= 4 is 22.4 Å². The van der Waals surface area contributed by atoms with E-state index < -0.39 is 0 Å². The van der Waals surface area contributed by atoms with Gasteiger partial charge in [-0.05, 0) is 55.9 Å². The molecule has 0 saturated heterocycles. The van der Waals surface area contributed by atoms with Gasteiger partial charge in [-0.3, -0.25) is 4.79 Å². The zero-order valence-electron chi connectivity index (χ0n) is 21.0. The highest BCUT2D eigenvalue weighted by atomic mass is 16.7. The number of fused-ring (bicyclic) bond motifs is 2. The van der Waals surface area contributed by atoms with Crippen LogP contribution in [0.4, 0.5) is 11.4 Å². The Morgan fingerprint density at radius 3 is 2.61 bits per heavy atom. The smallest absolute Gasteiger partial charge is 0.252 e. The SMILES string of the molecule is CN(c1cc(=O)n(C)c2ccc(C#N)nc12)C1CCCCC1.c1cc2c(cc1NCC1CC1)OCO2. The van der Waals surface area contributed by atoms with Gasteiger partial charge in [0, 0.05) is 44.5 Å². The second-order valence-electron chi connectivity index (χ2n) is 9.90. The van der Waals surface area contributed by atoms with Crippen LogP contribution < -0.4 is 25.2 Å². The molecule has 8 nitrogen and oxygen atoms in total. The number of nitriles is 1. The number of hydrogen-bond donors (Lipinski definition) is 1. The van der Waals surface area contributed by atoms with Gasteiger partial charge in [-0.1, -0.05) is 19.3 Å². The van der Waals surface area contributed by atoms with Crippen molar-refractivity contribution in [2.45, 2.75) is 51.0 Å². The lowest BCUT2D eigenvalue weighted by atomic mass is 9.94. The third-order valence-electron chi connectivity index (χ3n) is 7.35. The molecule has 2 aromatic heterocycles. The predicted molar refractivity (Wildman–Crippen MR) is 141 cm³/mol. The number of anilines is 2. The van der Waals surface area contributed by atoms with Gasteiger partial charge in [-0.2, -0.15) is 5.26 Å². The van der Waals surface area contributed by atoms with Gasteiger partial charge in [0.1, 0.15) is 17.3 Å². The average molecular weight is 488 g/mol. The normalized spacial score (nSPS) is 16.7. The quantitative estimate of drug-likeness (QED) is 0.552. The minimum absolute atomic E-state index is 0.0448. The number of aromatic nitrogens is 2. The molecule has 0 bridgehead atoms. The Bertz CT molecular complexity index is 1340. The maximum atomic E-state index is 12.2. The summed E-state index contributed by atoms with van der Waals surface area (Å²) in [7, 11) is 3.77. The fourth-order valence-electron chi connectivity index (χ4n) is 4.90. The van der Waals surface area contributed by atoms with E-state index in [4.69, 9.17) is 14.7 Å². The van der Waals surface area contributed by atoms with Crippen molar-refractivity contribution < 1.29 is 9.47 Å². The first kappa shape index (κ1) is 24.0. The van der Waals surface area contributed by atoms with Crippen molar-refractivity contribution in [1.82, 2.24) is 9.55 Å². The lowest BCUT2D eigenvalue weighted by molar-refractivity contribution is 0.174. The molecule has 0 atom stereocenters. The molecule has 2 aliphatic carbocycles. The van der Waals surface area contributed by atoms with Gasteiger partial charge in [0.2, 0.25) is 6.79 Å². The zero-order chi connectivity index (χ0) is 25.1. The van der Waals surface area contributed by atoms with Crippen LogP contribution in [0.2, 0.25) is 0 Å². The van der Waals surface area contributed by atoms with Crippen LogP contribution in [0, 0.1) is 17.2 Å². The highest BCUT2D eigenvalue weighted by Crippen LogP contribution is 2.35. The van der Waals surface area contributed by atoms with Crippen molar-refractivity contribution in [2.75, 3.05) is 30.6 Å². The molecule has 1 aliphatic heterocycles. The first-order chi connectivity index (χ1) is 17.5. The molecular formula is C28H33N5O3. The van der Waals surface area contributed by atoms with Gasteiger partial charge >= 0.3 is 0 Å². The van der Waals surface area contributed by atoms with Crippen molar-refractivity contribution in [3.8, 4) is 17.6 Å². The standard InChI is InChI=1S/C17H20N4O.C11H13NO2/c1-20(13-6-4-3-5-7-13)15-10-16(22)21(2)14-9-8-12(11-18)19-17(14)15;1-2-8(1)6-12-9-3-4-10-11(5-9)14-7-13-10/h8-10,13H,3-7H2,1-2H3;3-5,8,12H,1-2,6-7H2. The number of benzene rings is 1. The third-order valence-corrected chi connectivity index (χ3v) is 7.35. The van der Waals surface area contributed by atoms with E-state index >= 15 is 0 Å². The predicted octanol–water partition coefficient (Wildman–Crippen LogP) is 4.81. The molecule has 8 heteroatoms. The molecule has 36 heavy (non-hydrogen) atoms. The van der Waals surface area contributed by atoms with E-state index in [1.165, 1.54) is 32.1 Å². The Labute approximate surface area is 211 Å². The van der Waals surface area contributed by atoms with Crippen molar-refractivity contribution in [3.05, 3.63) is 52.4 Å². The summed E-state index contributed by atoms with van der Waals surface area (Å²) in [6, 6.07) is 13.6. The molecule has 0 unspecified atom stereocenters. The van der Waals surface area contributed by atoms with Crippen molar-refractivity contribution in [2.24, 2.45) is 13.0 Å². The Morgan fingerprint density at radius 2 is 1.86 bits per heavy atom. The van der Waals surface area contributed by atoms with E-state index in [2.05, 4.69) is 21.3 Å². The second-order valence-corrected chi connectivity index (χ2v) is 9.90. The van der Waals surface area contributed by atoms with E-state index in [0.29, 0.717) is 18.5 Å². The summed E-state index contributed by atoms with van der Waals surface area (Å²) in [5, 5.41) is 12.5. The lowest BCUT2D eigenvalue weighted by Crippen LogP contribution is -2.34. The molecule has 3 heterocycles. The van der Waals surface area contributed by atoms with E-state index in [9.17, 15) is 4.79 Å². The molecule has 188 valence electrons. The van der Waals surface area contributed by atoms with E-state index in [1.807, 2.05) is 25.2 Å². The highest BCUT2D eigenvalue weighted by molar-refractivity contribution is 5.88. The summed E-state index contributed by atoms with van der Waals surface area (Å²) in [4.78, 5) is 18.9. The molecule has 3 aliphatic rings. The Hall–Kier alpha value is -3.73. The van der Waals surface area contributed by atoms with Crippen LogP contribution in [-0.4, -0.2) is 36.0 Å².